The van der Waals surface area contributed by atoms with Crippen LogP contribution in [0.1, 0.15) is 16.1 Å². The molecule has 0 aliphatic carbocycles. The third-order valence-electron chi connectivity index (χ3n) is 6.27. The fraction of sp³-hybridized carbons (Fsp3) is 0.154. The van der Waals surface area contributed by atoms with Gasteiger partial charge in [-0.2, -0.15) is 0 Å². The fourth-order valence-electron chi connectivity index (χ4n) is 4.51. The Labute approximate surface area is 211 Å². The zero-order chi connectivity index (χ0) is 24.0. The number of rotatable bonds is 4. The van der Waals surface area contributed by atoms with Crippen LogP contribution in [0.3, 0.4) is 0 Å². The van der Waals surface area contributed by atoms with Crippen LogP contribution in [0.2, 0.25) is 9.36 Å². The molecule has 0 bridgehead atoms. The highest BCUT2D eigenvalue weighted by Crippen LogP contribution is 2.41. The summed E-state index contributed by atoms with van der Waals surface area (Å²) in [5.74, 6) is 0. The third kappa shape index (κ3) is 3.67. The minimum atomic E-state index is -0.935. The van der Waals surface area contributed by atoms with Crippen LogP contribution < -0.4 is 11.2 Å². The SMILES string of the molecule is CN=c1cc(-c2cccc(Cl)c2)c2cc(C(N)(c3ccc(Cl)s3)c3cncn3C)ccc2n1C. The van der Waals surface area contributed by atoms with E-state index in [0.29, 0.717) is 9.36 Å². The highest BCUT2D eigenvalue weighted by Gasteiger charge is 2.36. The number of nitrogens with zero attached hydrogens (tertiary/aromatic N) is 4. The van der Waals surface area contributed by atoms with E-state index in [1.807, 2.05) is 55.2 Å². The Kier molecular flexibility index (Phi) is 5.86. The molecule has 0 aliphatic rings. The fourth-order valence-corrected chi connectivity index (χ4v) is 5.87. The highest BCUT2D eigenvalue weighted by atomic mass is 35.5. The lowest BCUT2D eigenvalue weighted by Gasteiger charge is -2.30. The van der Waals surface area contributed by atoms with E-state index in [2.05, 4.69) is 44.9 Å². The second-order valence-corrected chi connectivity index (χ2v) is 10.4. The molecule has 5 aromatic rings. The first-order chi connectivity index (χ1) is 16.3. The molecule has 2 N–H and O–H groups in total. The number of benzene rings is 2. The maximum atomic E-state index is 7.26. The summed E-state index contributed by atoms with van der Waals surface area (Å²) in [4.78, 5) is 9.77. The number of halogens is 2. The molecule has 1 unspecified atom stereocenters. The van der Waals surface area contributed by atoms with Crippen molar-refractivity contribution in [3.05, 3.63) is 104 Å². The van der Waals surface area contributed by atoms with Crippen LogP contribution >= 0.6 is 34.5 Å². The van der Waals surface area contributed by atoms with E-state index in [1.165, 1.54) is 11.3 Å². The van der Waals surface area contributed by atoms with Gasteiger partial charge in [-0.1, -0.05) is 41.4 Å². The lowest BCUT2D eigenvalue weighted by Crippen LogP contribution is -2.40. The number of hydrogen-bond acceptors (Lipinski definition) is 4. The molecule has 2 aromatic carbocycles. The molecule has 0 fully saturated rings. The van der Waals surface area contributed by atoms with Crippen molar-refractivity contribution in [1.82, 2.24) is 14.1 Å². The Hall–Kier alpha value is -2.90. The average Bonchev–Trinajstić information content (AvgIpc) is 3.47. The van der Waals surface area contributed by atoms with Crippen LogP contribution in [0.4, 0.5) is 0 Å². The summed E-state index contributed by atoms with van der Waals surface area (Å²) in [5.41, 5.74) is 12.1. The van der Waals surface area contributed by atoms with Gasteiger partial charge < -0.3 is 14.9 Å². The van der Waals surface area contributed by atoms with Crippen LogP contribution in [0.5, 0.6) is 0 Å². The normalized spacial score (nSPS) is 14.0. The Morgan fingerprint density at radius 3 is 2.50 bits per heavy atom. The van der Waals surface area contributed by atoms with E-state index < -0.39 is 5.54 Å². The molecule has 8 heteroatoms. The Morgan fingerprint density at radius 1 is 1.03 bits per heavy atom. The Morgan fingerprint density at radius 2 is 1.85 bits per heavy atom. The van der Waals surface area contributed by atoms with Crippen LogP contribution in [0.25, 0.3) is 22.0 Å². The maximum absolute atomic E-state index is 7.26. The van der Waals surface area contributed by atoms with Gasteiger partial charge in [0.05, 0.1) is 22.6 Å². The molecule has 3 aromatic heterocycles. The molecule has 0 radical (unpaired) electrons. The first-order valence-corrected chi connectivity index (χ1v) is 12.2. The molecule has 0 aliphatic heterocycles. The van der Waals surface area contributed by atoms with Gasteiger partial charge in [0, 0.05) is 41.9 Å². The van der Waals surface area contributed by atoms with Crippen molar-refractivity contribution in [3.63, 3.8) is 0 Å². The van der Waals surface area contributed by atoms with Crippen molar-refractivity contribution < 1.29 is 0 Å². The summed E-state index contributed by atoms with van der Waals surface area (Å²) >= 11 is 14.2. The van der Waals surface area contributed by atoms with E-state index >= 15 is 0 Å². The summed E-state index contributed by atoms with van der Waals surface area (Å²) < 4.78 is 4.72. The van der Waals surface area contributed by atoms with Gasteiger partial charge in [0.1, 0.15) is 11.0 Å². The number of pyridine rings is 1. The summed E-state index contributed by atoms with van der Waals surface area (Å²) in [5, 5.41) is 1.73. The number of aromatic nitrogens is 3. The van der Waals surface area contributed by atoms with Gasteiger partial charge >= 0.3 is 0 Å². The van der Waals surface area contributed by atoms with E-state index in [0.717, 1.165) is 43.7 Å². The van der Waals surface area contributed by atoms with Gasteiger partial charge in [-0.25, -0.2) is 4.98 Å². The molecule has 0 saturated heterocycles. The van der Waals surface area contributed by atoms with Crippen molar-refractivity contribution in [2.24, 2.45) is 24.8 Å². The van der Waals surface area contributed by atoms with Gasteiger partial charge in [-0.3, -0.25) is 4.99 Å². The third-order valence-corrected chi connectivity index (χ3v) is 7.87. The Balaban J connectivity index is 1.86. The first-order valence-electron chi connectivity index (χ1n) is 10.7. The topological polar surface area (TPSA) is 61.1 Å². The zero-order valence-electron chi connectivity index (χ0n) is 19.0. The van der Waals surface area contributed by atoms with Gasteiger partial charge in [-0.15, -0.1) is 11.3 Å². The van der Waals surface area contributed by atoms with E-state index in [-0.39, 0.29) is 0 Å². The second kappa shape index (κ2) is 8.71. The number of fused-ring (bicyclic) bond motifs is 1. The number of thiophene rings is 1. The molecule has 0 amide bonds. The van der Waals surface area contributed by atoms with E-state index in [1.54, 1.807) is 13.4 Å². The summed E-state index contributed by atoms with van der Waals surface area (Å²) in [7, 11) is 5.76. The number of imidazole rings is 1. The standard InChI is InChI=1S/C26H23Cl2N5S/c1-30-25-13-19(16-5-4-6-18(27)11-16)20-12-17(7-8-21(20)33(25)3)26(29,22-14-31-15-32(22)2)23-9-10-24(28)34-23/h4-15H,29H2,1-3H3. The van der Waals surface area contributed by atoms with Crippen LogP contribution in [0.15, 0.2) is 78.2 Å². The summed E-state index contributed by atoms with van der Waals surface area (Å²) in [6, 6.07) is 20.1. The molecule has 1 atom stereocenters. The first kappa shape index (κ1) is 22.9. The Bertz CT molecular complexity index is 1600. The minimum Gasteiger partial charge on any atom is -0.335 e. The van der Waals surface area contributed by atoms with Crippen LogP contribution in [0, 0.1) is 0 Å². The van der Waals surface area contributed by atoms with Gasteiger partial charge in [0.2, 0.25) is 0 Å². The molecule has 5 rings (SSSR count). The van der Waals surface area contributed by atoms with Crippen molar-refractivity contribution in [3.8, 4) is 11.1 Å². The predicted octanol–water partition coefficient (Wildman–Crippen LogP) is 5.73. The highest BCUT2D eigenvalue weighted by molar-refractivity contribution is 7.16. The van der Waals surface area contributed by atoms with Crippen molar-refractivity contribution >= 4 is 45.4 Å². The van der Waals surface area contributed by atoms with Crippen LogP contribution in [-0.2, 0) is 19.6 Å². The van der Waals surface area contributed by atoms with Crippen molar-refractivity contribution in [2.75, 3.05) is 7.05 Å². The largest absolute Gasteiger partial charge is 0.335 e. The van der Waals surface area contributed by atoms with Gasteiger partial charge in [-0.05, 0) is 59.2 Å². The summed E-state index contributed by atoms with van der Waals surface area (Å²) in [6.45, 7) is 0. The van der Waals surface area contributed by atoms with Crippen molar-refractivity contribution in [2.45, 2.75) is 5.54 Å². The lowest BCUT2D eigenvalue weighted by atomic mass is 9.84. The summed E-state index contributed by atoms with van der Waals surface area (Å²) in [6.07, 6.45) is 3.58. The number of hydrogen-bond donors (Lipinski definition) is 1. The van der Waals surface area contributed by atoms with Crippen LogP contribution in [-0.4, -0.2) is 21.2 Å². The van der Waals surface area contributed by atoms with Gasteiger partial charge in [0.25, 0.3) is 0 Å². The van der Waals surface area contributed by atoms with Crippen molar-refractivity contribution in [1.29, 1.82) is 0 Å². The molecular formula is C26H23Cl2N5S. The number of aryl methyl sites for hydroxylation is 2. The average molecular weight is 508 g/mol. The van der Waals surface area contributed by atoms with E-state index in [4.69, 9.17) is 28.9 Å². The maximum Gasteiger partial charge on any atom is 0.128 e. The zero-order valence-corrected chi connectivity index (χ0v) is 21.3. The van der Waals surface area contributed by atoms with Gasteiger partial charge in [0.15, 0.2) is 0 Å². The molecule has 3 heterocycles. The molecule has 34 heavy (non-hydrogen) atoms. The van der Waals surface area contributed by atoms with E-state index in [9.17, 15) is 0 Å². The monoisotopic (exact) mass is 507 g/mol. The molecule has 5 nitrogen and oxygen atoms in total. The molecule has 172 valence electrons. The predicted molar refractivity (Wildman–Crippen MR) is 141 cm³/mol. The molecule has 0 spiro atoms. The second-order valence-electron chi connectivity index (χ2n) is 8.24. The molecule has 0 saturated carbocycles. The molecular weight excluding hydrogens is 485 g/mol. The smallest absolute Gasteiger partial charge is 0.128 e. The minimum absolute atomic E-state index is 0.682. The number of nitrogens with two attached hydrogens (primary N) is 1. The quantitative estimate of drug-likeness (QED) is 0.337. The lowest BCUT2D eigenvalue weighted by molar-refractivity contribution is 0.607.